The van der Waals surface area contributed by atoms with Gasteiger partial charge in [-0.3, -0.25) is 14.4 Å². The normalized spacial score (nSPS) is 29.8. The number of carbonyl (C=O) groups is 3. The van der Waals surface area contributed by atoms with Crippen LogP contribution in [0.1, 0.15) is 51.9 Å². The minimum Gasteiger partial charge on any atom is -0.359 e. The highest BCUT2D eigenvalue weighted by atomic mass is 35.5. The van der Waals surface area contributed by atoms with E-state index >= 15 is 0 Å². The van der Waals surface area contributed by atoms with Crippen LogP contribution in [0, 0.1) is 11.8 Å². The van der Waals surface area contributed by atoms with Crippen molar-refractivity contribution in [2.45, 2.75) is 75.7 Å². The van der Waals surface area contributed by atoms with Crippen molar-refractivity contribution in [3.8, 4) is 0 Å². The fourth-order valence-corrected chi connectivity index (χ4v) is 7.23. The molecule has 212 valence electrons. The molecule has 1 aromatic rings. The van der Waals surface area contributed by atoms with E-state index in [2.05, 4.69) is 22.5 Å². The van der Waals surface area contributed by atoms with E-state index in [1.807, 2.05) is 19.2 Å². The summed E-state index contributed by atoms with van der Waals surface area (Å²) in [5.74, 6) is -2.31. The SMILES string of the molecule is CCCCN(C)CCN1C(=O)[C@@H]2[C@@H](C(=O)Nc3cc(Cl)cc(Cl)c3)[C@@H]3C=C[C@@]2(O3)[C@@H]1C(=O)NC1CCCCC1. The van der Waals surface area contributed by atoms with Gasteiger partial charge in [0.25, 0.3) is 0 Å². The molecule has 1 saturated carbocycles. The van der Waals surface area contributed by atoms with Gasteiger partial charge in [0.2, 0.25) is 17.7 Å². The van der Waals surface area contributed by atoms with Gasteiger partial charge in [0.05, 0.1) is 17.9 Å². The Morgan fingerprint density at radius 1 is 1.10 bits per heavy atom. The Morgan fingerprint density at radius 2 is 1.82 bits per heavy atom. The molecule has 1 aliphatic carbocycles. The Labute approximate surface area is 240 Å². The summed E-state index contributed by atoms with van der Waals surface area (Å²) in [6.07, 6.45) is 10.5. The summed E-state index contributed by atoms with van der Waals surface area (Å²) >= 11 is 12.3. The Kier molecular flexibility index (Phi) is 8.57. The first-order chi connectivity index (χ1) is 18.7. The molecule has 2 bridgehead atoms. The molecule has 0 radical (unpaired) electrons. The highest BCUT2D eigenvalue weighted by molar-refractivity contribution is 6.35. The lowest BCUT2D eigenvalue weighted by Gasteiger charge is -2.34. The first-order valence-electron chi connectivity index (χ1n) is 14.2. The molecule has 1 spiro atoms. The lowest BCUT2D eigenvalue weighted by Crippen LogP contribution is -2.57. The minimum absolute atomic E-state index is 0.0973. The number of ether oxygens (including phenoxy) is 1. The Bertz CT molecular complexity index is 1120. The summed E-state index contributed by atoms with van der Waals surface area (Å²) in [4.78, 5) is 45.4. The fourth-order valence-electron chi connectivity index (χ4n) is 6.70. The van der Waals surface area contributed by atoms with Gasteiger partial charge in [-0.15, -0.1) is 0 Å². The number of likely N-dealkylation sites (tertiary alicyclic amines) is 1. The quantitative estimate of drug-likeness (QED) is 0.406. The third kappa shape index (κ3) is 5.58. The number of anilines is 1. The highest BCUT2D eigenvalue weighted by Gasteiger charge is 2.72. The topological polar surface area (TPSA) is 91.0 Å². The van der Waals surface area contributed by atoms with Crippen molar-refractivity contribution in [3.05, 3.63) is 40.4 Å². The van der Waals surface area contributed by atoms with Crippen molar-refractivity contribution in [1.29, 1.82) is 0 Å². The lowest BCUT2D eigenvalue weighted by molar-refractivity contribution is -0.141. The van der Waals surface area contributed by atoms with Gasteiger partial charge in [-0.25, -0.2) is 0 Å². The second-order valence-electron chi connectivity index (χ2n) is 11.4. The van der Waals surface area contributed by atoms with Crippen molar-refractivity contribution < 1.29 is 19.1 Å². The van der Waals surface area contributed by atoms with Crippen LogP contribution in [-0.2, 0) is 19.1 Å². The van der Waals surface area contributed by atoms with Crippen molar-refractivity contribution in [1.82, 2.24) is 15.1 Å². The van der Waals surface area contributed by atoms with Gasteiger partial charge in [-0.1, -0.05) is 68.0 Å². The van der Waals surface area contributed by atoms with E-state index in [9.17, 15) is 14.4 Å². The average Bonchev–Trinajstić information content (AvgIpc) is 3.53. The fraction of sp³-hybridized carbons (Fsp3) is 0.621. The predicted octanol–water partition coefficient (Wildman–Crippen LogP) is 4.26. The third-order valence-corrected chi connectivity index (χ3v) is 9.06. The van der Waals surface area contributed by atoms with Crippen LogP contribution in [0.4, 0.5) is 5.69 Å². The Balaban J connectivity index is 1.41. The Hall–Kier alpha value is -2.13. The number of hydrogen-bond donors (Lipinski definition) is 2. The maximum atomic E-state index is 14.1. The number of benzene rings is 1. The van der Waals surface area contributed by atoms with Gasteiger partial charge in [0, 0.05) is 34.9 Å². The number of nitrogens with one attached hydrogen (secondary N) is 2. The number of carbonyl (C=O) groups excluding carboxylic acids is 3. The van der Waals surface area contributed by atoms with E-state index in [1.54, 1.807) is 23.1 Å². The second-order valence-corrected chi connectivity index (χ2v) is 12.3. The molecule has 8 nitrogen and oxygen atoms in total. The number of likely N-dealkylation sites (N-methyl/N-ethyl adjacent to an activating group) is 1. The number of nitrogens with zero attached hydrogens (tertiary/aromatic N) is 2. The third-order valence-electron chi connectivity index (χ3n) is 8.62. The lowest BCUT2D eigenvalue weighted by atomic mass is 9.74. The van der Waals surface area contributed by atoms with Crippen LogP contribution in [0.3, 0.4) is 0 Å². The number of hydrogen-bond acceptors (Lipinski definition) is 5. The summed E-state index contributed by atoms with van der Waals surface area (Å²) in [5.41, 5.74) is -0.721. The van der Waals surface area contributed by atoms with E-state index in [0.717, 1.165) is 45.1 Å². The van der Waals surface area contributed by atoms with Crippen LogP contribution in [0.5, 0.6) is 0 Å². The van der Waals surface area contributed by atoms with Crippen molar-refractivity contribution >= 4 is 46.6 Å². The van der Waals surface area contributed by atoms with Gasteiger partial charge < -0.3 is 25.2 Å². The van der Waals surface area contributed by atoms with Crippen molar-refractivity contribution in [2.24, 2.45) is 11.8 Å². The van der Waals surface area contributed by atoms with Crippen LogP contribution in [0.15, 0.2) is 30.4 Å². The van der Waals surface area contributed by atoms with E-state index in [1.165, 1.54) is 6.42 Å². The summed E-state index contributed by atoms with van der Waals surface area (Å²) in [6.45, 7) is 4.08. The molecule has 5 atom stereocenters. The molecule has 3 aliphatic heterocycles. The molecule has 5 rings (SSSR count). The maximum Gasteiger partial charge on any atom is 0.246 e. The molecule has 3 heterocycles. The summed E-state index contributed by atoms with van der Waals surface area (Å²) in [5, 5.41) is 6.90. The monoisotopic (exact) mass is 576 g/mol. The van der Waals surface area contributed by atoms with E-state index < -0.39 is 29.6 Å². The van der Waals surface area contributed by atoms with Crippen molar-refractivity contribution in [3.63, 3.8) is 0 Å². The van der Waals surface area contributed by atoms with Gasteiger partial charge in [-0.2, -0.15) is 0 Å². The molecule has 4 aliphatic rings. The number of halogens is 2. The van der Waals surface area contributed by atoms with E-state index in [4.69, 9.17) is 27.9 Å². The number of unbranched alkanes of at least 4 members (excludes halogenated alkanes) is 1. The predicted molar refractivity (Wildman–Crippen MR) is 152 cm³/mol. The number of fused-ring (bicyclic) bond motifs is 1. The first-order valence-corrected chi connectivity index (χ1v) is 14.9. The molecule has 3 amide bonds. The standard InChI is InChI=1S/C29H38Cl2N4O4/c1-3-4-12-34(2)13-14-35-25(27(37)32-20-8-6-5-7-9-20)29-11-10-22(39-29)23(24(29)28(35)38)26(36)33-21-16-18(30)15-19(31)17-21/h10-11,15-17,20,22-25H,3-9,12-14H2,1-2H3,(H,32,37)(H,33,36)/t22-,23-,24-,25-,29-/m0/s1. The molecule has 0 aromatic heterocycles. The smallest absolute Gasteiger partial charge is 0.246 e. The summed E-state index contributed by atoms with van der Waals surface area (Å²) in [6, 6.07) is 4.08. The van der Waals surface area contributed by atoms with Crippen molar-refractivity contribution in [2.75, 3.05) is 32.0 Å². The zero-order chi connectivity index (χ0) is 27.7. The molecule has 0 unspecified atom stereocenters. The minimum atomic E-state index is -1.17. The molecular weight excluding hydrogens is 539 g/mol. The largest absolute Gasteiger partial charge is 0.359 e. The van der Waals surface area contributed by atoms with Crippen LogP contribution < -0.4 is 10.6 Å². The zero-order valence-corrected chi connectivity index (χ0v) is 24.1. The molecule has 2 saturated heterocycles. The summed E-state index contributed by atoms with van der Waals surface area (Å²) in [7, 11) is 2.03. The van der Waals surface area contributed by atoms with Gasteiger partial charge >= 0.3 is 0 Å². The van der Waals surface area contributed by atoms with Gasteiger partial charge in [0.15, 0.2) is 0 Å². The summed E-state index contributed by atoms with van der Waals surface area (Å²) < 4.78 is 6.44. The van der Waals surface area contributed by atoms with Crippen LogP contribution in [-0.4, -0.2) is 78.0 Å². The van der Waals surface area contributed by atoms with Crippen LogP contribution in [0.2, 0.25) is 10.0 Å². The molecule has 10 heteroatoms. The molecule has 39 heavy (non-hydrogen) atoms. The van der Waals surface area contributed by atoms with Crippen LogP contribution >= 0.6 is 23.2 Å². The van der Waals surface area contributed by atoms with Gasteiger partial charge in [0.1, 0.15) is 11.6 Å². The molecule has 3 fully saturated rings. The first kappa shape index (κ1) is 28.4. The Morgan fingerprint density at radius 3 is 2.51 bits per heavy atom. The molecule has 1 aromatic carbocycles. The average molecular weight is 578 g/mol. The number of amides is 3. The zero-order valence-electron chi connectivity index (χ0n) is 22.6. The highest BCUT2D eigenvalue weighted by Crippen LogP contribution is 2.55. The molecular formula is C29H38Cl2N4O4. The maximum absolute atomic E-state index is 14.1. The van der Waals surface area contributed by atoms with E-state index in [-0.39, 0.29) is 23.8 Å². The second kappa shape index (κ2) is 11.8. The van der Waals surface area contributed by atoms with E-state index in [0.29, 0.717) is 28.8 Å². The van der Waals surface area contributed by atoms with Gasteiger partial charge in [-0.05, 0) is 51.1 Å². The molecule has 2 N–H and O–H groups in total. The number of rotatable bonds is 10. The van der Waals surface area contributed by atoms with Crippen LogP contribution in [0.25, 0.3) is 0 Å².